The molecule has 20 heavy (non-hydrogen) atoms. The van der Waals surface area contributed by atoms with E-state index < -0.39 is 10.0 Å². The van der Waals surface area contributed by atoms with Crippen molar-refractivity contribution in [2.45, 2.75) is 0 Å². The summed E-state index contributed by atoms with van der Waals surface area (Å²) in [4.78, 5) is 0. The van der Waals surface area contributed by atoms with Crippen LogP contribution >= 0.6 is 0 Å². The van der Waals surface area contributed by atoms with E-state index in [1.165, 1.54) is 17.6 Å². The van der Waals surface area contributed by atoms with E-state index in [4.69, 9.17) is 0 Å². The summed E-state index contributed by atoms with van der Waals surface area (Å²) >= 11 is 0. The first kappa shape index (κ1) is 14.3. The standard InChI is InChI=1S/C16H17NO2S/c1-17(20(2,18)19)13-12-14-8-10-16(11-9-14)15-6-4-3-5-7-15/h3-13H,1-2H3/b13-12-. The Kier molecular flexibility index (Phi) is 4.25. The number of rotatable bonds is 4. The number of nitrogens with zero attached hydrogens (tertiary/aromatic N) is 1. The Hall–Kier alpha value is -2.07. The highest BCUT2D eigenvalue weighted by Crippen LogP contribution is 2.19. The van der Waals surface area contributed by atoms with Crippen molar-refractivity contribution in [1.29, 1.82) is 0 Å². The van der Waals surface area contributed by atoms with Gasteiger partial charge in [-0.1, -0.05) is 54.6 Å². The lowest BCUT2D eigenvalue weighted by molar-refractivity contribution is 0.547. The van der Waals surface area contributed by atoms with Crippen molar-refractivity contribution in [2.24, 2.45) is 0 Å². The molecule has 2 aromatic rings. The van der Waals surface area contributed by atoms with Crippen LogP contribution < -0.4 is 0 Å². The first-order valence-electron chi connectivity index (χ1n) is 6.23. The molecule has 0 aliphatic rings. The van der Waals surface area contributed by atoms with Crippen LogP contribution in [0.15, 0.2) is 60.8 Å². The largest absolute Gasteiger partial charge is 0.281 e. The molecule has 2 rings (SSSR count). The summed E-state index contributed by atoms with van der Waals surface area (Å²) in [6.45, 7) is 0. The molecule has 0 aliphatic heterocycles. The Bertz CT molecular complexity index is 689. The van der Waals surface area contributed by atoms with Crippen molar-refractivity contribution in [3.8, 4) is 11.1 Å². The molecule has 0 N–H and O–H groups in total. The van der Waals surface area contributed by atoms with Crippen LogP contribution in [0.25, 0.3) is 17.2 Å². The topological polar surface area (TPSA) is 37.4 Å². The highest BCUT2D eigenvalue weighted by molar-refractivity contribution is 7.88. The lowest BCUT2D eigenvalue weighted by atomic mass is 10.0. The zero-order valence-corrected chi connectivity index (χ0v) is 12.3. The molecule has 104 valence electrons. The number of benzene rings is 2. The van der Waals surface area contributed by atoms with E-state index in [1.807, 2.05) is 42.5 Å². The zero-order valence-electron chi connectivity index (χ0n) is 11.5. The van der Waals surface area contributed by atoms with Gasteiger partial charge >= 0.3 is 0 Å². The van der Waals surface area contributed by atoms with Crippen molar-refractivity contribution < 1.29 is 8.42 Å². The van der Waals surface area contributed by atoms with Crippen molar-refractivity contribution in [1.82, 2.24) is 4.31 Å². The minimum absolute atomic E-state index is 0.959. The Balaban J connectivity index is 2.15. The summed E-state index contributed by atoms with van der Waals surface area (Å²) in [5.74, 6) is 0. The molecule has 0 amide bonds. The second-order valence-corrected chi connectivity index (χ2v) is 6.62. The van der Waals surface area contributed by atoms with Crippen LogP contribution in [0.2, 0.25) is 0 Å². The second-order valence-electron chi connectivity index (χ2n) is 4.58. The highest BCUT2D eigenvalue weighted by atomic mass is 32.2. The van der Waals surface area contributed by atoms with Crippen LogP contribution in [0.1, 0.15) is 5.56 Å². The number of hydrogen-bond donors (Lipinski definition) is 0. The fourth-order valence-corrected chi connectivity index (χ4v) is 2.00. The average Bonchev–Trinajstić information content (AvgIpc) is 2.45. The minimum atomic E-state index is -3.18. The average molecular weight is 287 g/mol. The van der Waals surface area contributed by atoms with Gasteiger partial charge in [0.1, 0.15) is 0 Å². The van der Waals surface area contributed by atoms with Gasteiger partial charge in [-0.15, -0.1) is 0 Å². The Morgan fingerprint density at radius 2 is 1.45 bits per heavy atom. The van der Waals surface area contributed by atoms with Crippen LogP contribution in [-0.4, -0.2) is 26.0 Å². The molecule has 0 spiro atoms. The van der Waals surface area contributed by atoms with Crippen molar-refractivity contribution >= 4 is 16.1 Å². The molecule has 0 fully saturated rings. The molecule has 0 saturated heterocycles. The third-order valence-corrected chi connectivity index (χ3v) is 4.19. The van der Waals surface area contributed by atoms with Gasteiger partial charge in [0.05, 0.1) is 6.26 Å². The maximum Gasteiger partial charge on any atom is 0.231 e. The van der Waals surface area contributed by atoms with Crippen molar-refractivity contribution in [3.05, 3.63) is 66.4 Å². The molecule has 0 aliphatic carbocycles. The molecular formula is C16H17NO2S. The van der Waals surface area contributed by atoms with Crippen molar-refractivity contribution in [2.75, 3.05) is 13.3 Å². The minimum Gasteiger partial charge on any atom is -0.281 e. The lowest BCUT2D eigenvalue weighted by Gasteiger charge is -2.10. The molecule has 0 aromatic heterocycles. The Morgan fingerprint density at radius 3 is 2.00 bits per heavy atom. The molecule has 0 saturated carbocycles. The molecule has 0 radical (unpaired) electrons. The maximum absolute atomic E-state index is 11.3. The summed E-state index contributed by atoms with van der Waals surface area (Å²) in [6, 6.07) is 18.1. The van der Waals surface area contributed by atoms with Gasteiger partial charge < -0.3 is 0 Å². The van der Waals surface area contributed by atoms with E-state index in [1.54, 1.807) is 12.3 Å². The molecule has 4 heteroatoms. The fraction of sp³-hybridized carbons (Fsp3) is 0.125. The molecule has 2 aromatic carbocycles. The molecule has 0 heterocycles. The maximum atomic E-state index is 11.3. The van der Waals surface area contributed by atoms with Crippen LogP contribution in [0.5, 0.6) is 0 Å². The van der Waals surface area contributed by atoms with E-state index in [9.17, 15) is 8.42 Å². The first-order chi connectivity index (χ1) is 9.47. The summed E-state index contributed by atoms with van der Waals surface area (Å²) in [5, 5.41) is 0. The summed E-state index contributed by atoms with van der Waals surface area (Å²) in [5.41, 5.74) is 3.26. The number of sulfonamides is 1. The molecule has 0 atom stereocenters. The Morgan fingerprint density at radius 1 is 0.900 bits per heavy atom. The van der Waals surface area contributed by atoms with Crippen molar-refractivity contribution in [3.63, 3.8) is 0 Å². The van der Waals surface area contributed by atoms with Gasteiger partial charge in [0, 0.05) is 13.2 Å². The summed E-state index contributed by atoms with van der Waals surface area (Å²) < 4.78 is 23.7. The zero-order chi connectivity index (χ0) is 14.6. The van der Waals surface area contributed by atoms with Gasteiger partial charge in [-0.25, -0.2) is 8.42 Å². The Labute approximate surface area is 120 Å². The third kappa shape index (κ3) is 3.71. The van der Waals surface area contributed by atoms with E-state index in [2.05, 4.69) is 12.1 Å². The van der Waals surface area contributed by atoms with Crippen LogP contribution in [0.3, 0.4) is 0 Å². The summed E-state index contributed by atoms with van der Waals surface area (Å²) in [7, 11) is -1.66. The highest BCUT2D eigenvalue weighted by Gasteiger charge is 2.04. The van der Waals surface area contributed by atoms with Gasteiger partial charge in [0.25, 0.3) is 0 Å². The van der Waals surface area contributed by atoms with Gasteiger partial charge in [0.2, 0.25) is 10.0 Å². The first-order valence-corrected chi connectivity index (χ1v) is 8.08. The molecule has 0 unspecified atom stereocenters. The normalized spacial score (nSPS) is 11.7. The monoisotopic (exact) mass is 287 g/mol. The predicted molar refractivity (Wildman–Crippen MR) is 83.5 cm³/mol. The van der Waals surface area contributed by atoms with E-state index in [0.717, 1.165) is 16.7 Å². The van der Waals surface area contributed by atoms with Crippen LogP contribution in [0, 0.1) is 0 Å². The summed E-state index contributed by atoms with van der Waals surface area (Å²) in [6.07, 6.45) is 4.50. The van der Waals surface area contributed by atoms with Gasteiger partial charge in [0.15, 0.2) is 0 Å². The van der Waals surface area contributed by atoms with Gasteiger partial charge in [-0.2, -0.15) is 0 Å². The SMILES string of the molecule is CN(/C=C\c1ccc(-c2ccccc2)cc1)S(C)(=O)=O. The van der Waals surface area contributed by atoms with E-state index in [0.29, 0.717) is 0 Å². The van der Waals surface area contributed by atoms with Gasteiger partial charge in [-0.05, 0) is 22.8 Å². The smallest absolute Gasteiger partial charge is 0.231 e. The number of hydrogen-bond acceptors (Lipinski definition) is 2. The predicted octanol–water partition coefficient (Wildman–Crippen LogP) is 3.22. The fourth-order valence-electron chi connectivity index (χ4n) is 1.72. The lowest BCUT2D eigenvalue weighted by Crippen LogP contribution is -2.18. The second kappa shape index (κ2) is 5.92. The van der Waals surface area contributed by atoms with Gasteiger partial charge in [-0.3, -0.25) is 4.31 Å². The van der Waals surface area contributed by atoms with E-state index >= 15 is 0 Å². The molecule has 3 nitrogen and oxygen atoms in total. The van der Waals surface area contributed by atoms with E-state index in [-0.39, 0.29) is 0 Å². The molecule has 0 bridgehead atoms. The molecular weight excluding hydrogens is 270 g/mol. The van der Waals surface area contributed by atoms with Crippen LogP contribution in [0.4, 0.5) is 0 Å². The van der Waals surface area contributed by atoms with Crippen LogP contribution in [-0.2, 0) is 10.0 Å². The quantitative estimate of drug-likeness (QED) is 0.866. The third-order valence-electron chi connectivity index (χ3n) is 3.02.